The molecular formula is C11H10ClNS2. The number of nitrogens with zero attached hydrogens (tertiary/aromatic N) is 1. The van der Waals surface area contributed by atoms with Gasteiger partial charge in [-0.2, -0.15) is 0 Å². The molecule has 15 heavy (non-hydrogen) atoms. The fourth-order valence-corrected chi connectivity index (χ4v) is 3.30. The van der Waals surface area contributed by atoms with E-state index in [1.807, 2.05) is 25.1 Å². The van der Waals surface area contributed by atoms with E-state index in [1.54, 1.807) is 23.1 Å². The highest BCUT2D eigenvalue weighted by Gasteiger charge is 2.03. The number of halogens is 1. The van der Waals surface area contributed by atoms with Crippen LogP contribution in [0.5, 0.6) is 0 Å². The molecule has 2 rings (SSSR count). The lowest BCUT2D eigenvalue weighted by Crippen LogP contribution is -1.71. The SMILES string of the molecule is C/C=C/CSc1nc2cc(Cl)ccc2s1. The molecule has 1 aromatic heterocycles. The third-order valence-electron chi connectivity index (χ3n) is 1.87. The predicted molar refractivity (Wildman–Crippen MR) is 70.2 cm³/mol. The van der Waals surface area contributed by atoms with E-state index in [9.17, 15) is 0 Å². The summed E-state index contributed by atoms with van der Waals surface area (Å²) in [6.45, 7) is 2.03. The van der Waals surface area contributed by atoms with Gasteiger partial charge in [0.25, 0.3) is 0 Å². The van der Waals surface area contributed by atoms with Gasteiger partial charge in [0, 0.05) is 10.8 Å². The van der Waals surface area contributed by atoms with Crippen molar-refractivity contribution in [3.05, 3.63) is 35.4 Å². The summed E-state index contributed by atoms with van der Waals surface area (Å²) in [4.78, 5) is 4.51. The minimum Gasteiger partial charge on any atom is -0.230 e. The lowest BCUT2D eigenvalue weighted by Gasteiger charge is -1.87. The van der Waals surface area contributed by atoms with Crippen LogP contribution in [0.2, 0.25) is 5.02 Å². The first-order valence-electron chi connectivity index (χ1n) is 4.59. The number of hydrogen-bond donors (Lipinski definition) is 0. The van der Waals surface area contributed by atoms with Crippen molar-refractivity contribution >= 4 is 44.9 Å². The second-order valence-electron chi connectivity index (χ2n) is 2.97. The van der Waals surface area contributed by atoms with Crippen molar-refractivity contribution in [2.75, 3.05) is 5.75 Å². The Morgan fingerprint density at radius 2 is 2.40 bits per heavy atom. The Balaban J connectivity index is 2.23. The molecule has 0 saturated heterocycles. The van der Waals surface area contributed by atoms with Gasteiger partial charge in [-0.15, -0.1) is 11.3 Å². The summed E-state index contributed by atoms with van der Waals surface area (Å²) < 4.78 is 2.30. The smallest absolute Gasteiger partial charge is 0.151 e. The number of benzene rings is 1. The van der Waals surface area contributed by atoms with Gasteiger partial charge in [0.15, 0.2) is 4.34 Å². The van der Waals surface area contributed by atoms with E-state index in [0.29, 0.717) is 0 Å². The number of rotatable bonds is 3. The Hall–Kier alpha value is -0.510. The summed E-state index contributed by atoms with van der Waals surface area (Å²) >= 11 is 9.37. The molecular weight excluding hydrogens is 246 g/mol. The predicted octanol–water partition coefficient (Wildman–Crippen LogP) is 4.62. The maximum absolute atomic E-state index is 5.90. The van der Waals surface area contributed by atoms with E-state index in [0.717, 1.165) is 20.6 Å². The van der Waals surface area contributed by atoms with Gasteiger partial charge in [-0.1, -0.05) is 35.5 Å². The average Bonchev–Trinajstić information content (AvgIpc) is 2.60. The zero-order chi connectivity index (χ0) is 10.7. The second kappa shape index (κ2) is 5.01. The highest BCUT2D eigenvalue weighted by atomic mass is 35.5. The Morgan fingerprint density at radius 1 is 1.53 bits per heavy atom. The maximum atomic E-state index is 5.90. The van der Waals surface area contributed by atoms with Crippen LogP contribution in [0.3, 0.4) is 0 Å². The van der Waals surface area contributed by atoms with Crippen molar-refractivity contribution in [1.29, 1.82) is 0 Å². The van der Waals surface area contributed by atoms with Crippen molar-refractivity contribution in [3.63, 3.8) is 0 Å². The first kappa shape index (κ1) is 11.0. The number of allylic oxidation sites excluding steroid dienone is 1. The molecule has 0 radical (unpaired) electrons. The van der Waals surface area contributed by atoms with Gasteiger partial charge in [0.1, 0.15) is 0 Å². The molecule has 0 aliphatic rings. The monoisotopic (exact) mass is 255 g/mol. The van der Waals surface area contributed by atoms with E-state index in [1.165, 1.54) is 4.70 Å². The second-order valence-corrected chi connectivity index (χ2v) is 5.71. The van der Waals surface area contributed by atoms with Crippen LogP contribution >= 0.6 is 34.7 Å². The summed E-state index contributed by atoms with van der Waals surface area (Å²) in [5.74, 6) is 0.976. The Morgan fingerprint density at radius 3 is 3.20 bits per heavy atom. The van der Waals surface area contributed by atoms with E-state index >= 15 is 0 Å². The van der Waals surface area contributed by atoms with Crippen molar-refractivity contribution in [1.82, 2.24) is 4.98 Å². The molecule has 78 valence electrons. The first-order valence-corrected chi connectivity index (χ1v) is 6.77. The molecule has 0 fully saturated rings. The molecule has 1 heterocycles. The molecule has 0 aliphatic heterocycles. The lowest BCUT2D eigenvalue weighted by atomic mass is 10.3. The Bertz CT molecular complexity index is 490. The molecule has 0 aliphatic carbocycles. The summed E-state index contributed by atoms with van der Waals surface area (Å²) in [7, 11) is 0. The Kier molecular flexibility index (Phi) is 3.67. The molecule has 0 saturated carbocycles. The number of thioether (sulfide) groups is 1. The minimum absolute atomic E-state index is 0.748. The molecule has 0 N–H and O–H groups in total. The van der Waals surface area contributed by atoms with Gasteiger partial charge < -0.3 is 0 Å². The fourth-order valence-electron chi connectivity index (χ4n) is 1.16. The quantitative estimate of drug-likeness (QED) is 0.586. The Labute approximate surface area is 102 Å². The molecule has 0 atom stereocenters. The van der Waals surface area contributed by atoms with Gasteiger partial charge in [0.2, 0.25) is 0 Å². The van der Waals surface area contributed by atoms with Crippen LogP contribution in [-0.4, -0.2) is 10.7 Å². The largest absolute Gasteiger partial charge is 0.230 e. The number of fused-ring (bicyclic) bond motifs is 1. The minimum atomic E-state index is 0.748. The van der Waals surface area contributed by atoms with Crippen LogP contribution in [-0.2, 0) is 0 Å². The third-order valence-corrected chi connectivity index (χ3v) is 4.24. The maximum Gasteiger partial charge on any atom is 0.151 e. The first-order chi connectivity index (χ1) is 7.29. The van der Waals surface area contributed by atoms with Gasteiger partial charge in [-0.25, -0.2) is 4.98 Å². The number of hydrogen-bond acceptors (Lipinski definition) is 3. The summed E-state index contributed by atoms with van der Waals surface area (Å²) in [5, 5.41) is 0.748. The topological polar surface area (TPSA) is 12.9 Å². The van der Waals surface area contributed by atoms with E-state index < -0.39 is 0 Å². The molecule has 0 amide bonds. The van der Waals surface area contributed by atoms with Gasteiger partial charge >= 0.3 is 0 Å². The number of aromatic nitrogens is 1. The van der Waals surface area contributed by atoms with Crippen molar-refractivity contribution in [2.24, 2.45) is 0 Å². The van der Waals surface area contributed by atoms with Crippen LogP contribution < -0.4 is 0 Å². The highest BCUT2D eigenvalue weighted by Crippen LogP contribution is 2.30. The summed E-state index contributed by atoms with van der Waals surface area (Å²) in [5.41, 5.74) is 0.996. The van der Waals surface area contributed by atoms with Crippen LogP contribution in [0.1, 0.15) is 6.92 Å². The van der Waals surface area contributed by atoms with Crippen molar-refractivity contribution in [3.8, 4) is 0 Å². The zero-order valence-electron chi connectivity index (χ0n) is 8.24. The van der Waals surface area contributed by atoms with Crippen LogP contribution in [0.15, 0.2) is 34.7 Å². The number of thiazole rings is 1. The van der Waals surface area contributed by atoms with Crippen molar-refractivity contribution in [2.45, 2.75) is 11.3 Å². The molecule has 0 unspecified atom stereocenters. The molecule has 4 heteroatoms. The normalized spacial score (nSPS) is 11.6. The summed E-state index contributed by atoms with van der Waals surface area (Å²) in [6.07, 6.45) is 4.18. The summed E-state index contributed by atoms with van der Waals surface area (Å²) in [6, 6.07) is 5.84. The van der Waals surface area contributed by atoms with Gasteiger partial charge in [-0.05, 0) is 25.1 Å². The molecule has 0 spiro atoms. The third kappa shape index (κ3) is 2.74. The molecule has 1 nitrogen and oxygen atoms in total. The van der Waals surface area contributed by atoms with Crippen LogP contribution in [0, 0.1) is 0 Å². The zero-order valence-corrected chi connectivity index (χ0v) is 10.6. The van der Waals surface area contributed by atoms with E-state index in [2.05, 4.69) is 17.1 Å². The fraction of sp³-hybridized carbons (Fsp3) is 0.182. The van der Waals surface area contributed by atoms with Gasteiger partial charge in [-0.3, -0.25) is 0 Å². The molecule has 0 bridgehead atoms. The molecule has 2 aromatic rings. The van der Waals surface area contributed by atoms with Crippen LogP contribution in [0.25, 0.3) is 10.2 Å². The van der Waals surface area contributed by atoms with Crippen molar-refractivity contribution < 1.29 is 0 Å². The highest BCUT2D eigenvalue weighted by molar-refractivity contribution is 8.01. The molecule has 1 aromatic carbocycles. The standard InChI is InChI=1S/C11H10ClNS2/c1-2-3-6-14-11-13-9-7-8(12)4-5-10(9)15-11/h2-5,7H,6H2,1H3/b3-2+. The van der Waals surface area contributed by atoms with E-state index in [4.69, 9.17) is 11.6 Å². The van der Waals surface area contributed by atoms with E-state index in [-0.39, 0.29) is 0 Å². The van der Waals surface area contributed by atoms with Gasteiger partial charge in [0.05, 0.1) is 10.2 Å². The van der Waals surface area contributed by atoms with Crippen LogP contribution in [0.4, 0.5) is 0 Å². The average molecular weight is 256 g/mol. The lowest BCUT2D eigenvalue weighted by molar-refractivity contribution is 1.30.